The highest BCUT2D eigenvalue weighted by atomic mass is 31.2. The normalized spacial score (nSPS) is 14.0. The summed E-state index contributed by atoms with van der Waals surface area (Å²) in [6, 6.07) is 0. The molecule has 0 aliphatic rings. The summed E-state index contributed by atoms with van der Waals surface area (Å²) in [6.45, 7) is 4.19. The molecule has 0 rings (SSSR count). The minimum atomic E-state index is -4.41. The molecule has 0 fully saturated rings. The number of ether oxygens (including phenoxy) is 2. The lowest BCUT2D eigenvalue weighted by atomic mass is 10.0. The van der Waals surface area contributed by atoms with E-state index < -0.39 is 26.5 Å². The third-order valence-corrected chi connectivity index (χ3v) is 16.5. The second-order valence-corrected chi connectivity index (χ2v) is 27.0. The van der Waals surface area contributed by atoms with Gasteiger partial charge < -0.3 is 18.9 Å². The van der Waals surface area contributed by atoms with Crippen LogP contribution < -0.4 is 0 Å². The van der Waals surface area contributed by atoms with Crippen LogP contribution in [0.15, 0.2) is 158 Å². The van der Waals surface area contributed by atoms with Crippen LogP contribution in [-0.2, 0) is 32.7 Å². The van der Waals surface area contributed by atoms with Crippen molar-refractivity contribution >= 4 is 19.8 Å². The zero-order valence-corrected chi connectivity index (χ0v) is 60.6. The van der Waals surface area contributed by atoms with Gasteiger partial charge in [-0.2, -0.15) is 0 Å². The van der Waals surface area contributed by atoms with Crippen molar-refractivity contribution in [1.82, 2.24) is 0 Å². The van der Waals surface area contributed by atoms with Crippen molar-refractivity contribution in [3.05, 3.63) is 158 Å². The number of hydrogen-bond acceptors (Lipinski definition) is 7. The van der Waals surface area contributed by atoms with Gasteiger partial charge in [-0.05, 0) is 122 Å². The third kappa shape index (κ3) is 74.7. The number of hydrogen-bond donors (Lipinski definition) is 1. The van der Waals surface area contributed by atoms with Crippen LogP contribution in [0.4, 0.5) is 0 Å². The number of phosphoric ester groups is 1. The monoisotopic (exact) mass is 1300 g/mol. The summed E-state index contributed by atoms with van der Waals surface area (Å²) in [6.07, 6.45) is 106. The first kappa shape index (κ1) is 87.6. The molecule has 0 bridgehead atoms. The zero-order valence-electron chi connectivity index (χ0n) is 59.7. The number of esters is 2. The van der Waals surface area contributed by atoms with Crippen molar-refractivity contribution in [1.29, 1.82) is 0 Å². The lowest BCUT2D eigenvalue weighted by molar-refractivity contribution is -0.870. The molecule has 10 heteroatoms. The van der Waals surface area contributed by atoms with Crippen LogP contribution in [0.2, 0.25) is 0 Å². The minimum absolute atomic E-state index is 0.0210. The highest BCUT2D eigenvalue weighted by Crippen LogP contribution is 2.43. The molecule has 0 aromatic carbocycles. The maximum Gasteiger partial charge on any atom is 0.472 e. The number of carbonyl (C=O) groups excluding carboxylic acids is 2. The Hall–Kier alpha value is -4.37. The first-order chi connectivity index (χ1) is 45.0. The average Bonchev–Trinajstić information content (AvgIpc) is 2.23. The molecule has 0 heterocycles. The van der Waals surface area contributed by atoms with Crippen LogP contribution in [0.3, 0.4) is 0 Å². The van der Waals surface area contributed by atoms with Crippen LogP contribution in [0.1, 0.15) is 296 Å². The molecule has 524 valence electrons. The minimum Gasteiger partial charge on any atom is -0.462 e. The predicted molar refractivity (Wildman–Crippen MR) is 399 cm³/mol. The Morgan fingerprint density at radius 2 is 0.587 bits per heavy atom. The van der Waals surface area contributed by atoms with Gasteiger partial charge in [-0.3, -0.25) is 18.6 Å². The van der Waals surface area contributed by atoms with Crippen molar-refractivity contribution in [3.63, 3.8) is 0 Å². The topological polar surface area (TPSA) is 108 Å². The molecule has 0 saturated carbocycles. The van der Waals surface area contributed by atoms with E-state index in [1.165, 1.54) is 128 Å². The van der Waals surface area contributed by atoms with Crippen molar-refractivity contribution in [3.8, 4) is 0 Å². The SMILES string of the molecule is CC/C=C\C/C=C\C/C=C\C/C=C\C/C=C\C/C=C\C/C=C\C/C=C\C/C=C\CCCCCCCC(=O)OC(COC(=O)CCCCCCCCCCCCCCCCCCCCCCCC/C=C\C/C=C\C/C=C\C/C=C\CC)COP(=O)(O)OCC[N+](C)(C)C. The first-order valence-electron chi connectivity index (χ1n) is 37.2. The molecular weight excluding hydrogens is 1160 g/mol. The number of carbonyl (C=O) groups is 2. The van der Waals surface area contributed by atoms with E-state index >= 15 is 0 Å². The Labute approximate surface area is 566 Å². The van der Waals surface area contributed by atoms with Crippen LogP contribution in [0.25, 0.3) is 0 Å². The molecule has 1 N–H and O–H groups in total. The van der Waals surface area contributed by atoms with Crippen LogP contribution in [0, 0.1) is 0 Å². The summed E-state index contributed by atoms with van der Waals surface area (Å²) in [5.74, 6) is -0.820. The standard InChI is InChI=1S/C82H138NO8P/c1-6-8-10-12-14-16-18-20-22-24-26-28-30-32-34-36-38-40-41-43-44-46-48-50-52-54-56-58-60-62-64-66-68-70-72-74-81(84)88-78-80(79-90-92(86,87)89-77-76-83(3,4)5)91-82(85)75-73-71-69-67-65-63-61-59-57-55-53-51-49-47-45-42-39-37-35-33-31-29-27-25-23-21-19-17-15-13-11-9-7-2/h8-11,14-17,20-23,26-29,33,35,39,42,47,49,53,55,59,61,80H,6-7,12-13,18-19,24-25,30-32,34,36-38,40-41,43-46,48,50-52,54,56-58,60,62-79H2,1-5H3/p+1/b10-8-,11-9-,16-14-,17-15-,22-20-,23-21-,28-26-,29-27-,35-33-,42-39-,49-47-,55-53-,61-59-. The lowest BCUT2D eigenvalue weighted by Gasteiger charge is -2.24. The summed E-state index contributed by atoms with van der Waals surface area (Å²) < 4.78 is 34.7. The molecule has 0 aliphatic carbocycles. The number of rotatable bonds is 67. The van der Waals surface area contributed by atoms with E-state index in [1.807, 2.05) is 21.1 Å². The maximum absolute atomic E-state index is 12.9. The zero-order chi connectivity index (χ0) is 66.9. The summed E-state index contributed by atoms with van der Waals surface area (Å²) in [5, 5.41) is 0. The van der Waals surface area contributed by atoms with Crippen LogP contribution in [0.5, 0.6) is 0 Å². The second kappa shape index (κ2) is 70.9. The molecule has 92 heavy (non-hydrogen) atoms. The molecule has 2 unspecified atom stereocenters. The van der Waals surface area contributed by atoms with Gasteiger partial charge in [0.25, 0.3) is 0 Å². The van der Waals surface area contributed by atoms with Gasteiger partial charge in [0.1, 0.15) is 19.8 Å². The highest BCUT2D eigenvalue weighted by Gasteiger charge is 2.27. The average molecular weight is 1300 g/mol. The van der Waals surface area contributed by atoms with E-state index in [4.69, 9.17) is 18.5 Å². The Bertz CT molecular complexity index is 2110. The molecule has 9 nitrogen and oxygen atoms in total. The quantitative estimate of drug-likeness (QED) is 0.0211. The predicted octanol–water partition coefficient (Wildman–Crippen LogP) is 24.7. The van der Waals surface area contributed by atoms with Crippen molar-refractivity contribution in [2.45, 2.75) is 302 Å². The number of nitrogens with zero attached hydrogens (tertiary/aromatic N) is 1. The summed E-state index contributed by atoms with van der Waals surface area (Å²) in [4.78, 5) is 35.9. The number of allylic oxidation sites excluding steroid dienone is 26. The summed E-state index contributed by atoms with van der Waals surface area (Å²) >= 11 is 0. The third-order valence-electron chi connectivity index (χ3n) is 15.6. The van der Waals surface area contributed by atoms with Crippen LogP contribution in [-0.4, -0.2) is 74.9 Å². The Morgan fingerprint density at radius 1 is 0.337 bits per heavy atom. The molecule has 2 atom stereocenters. The van der Waals surface area contributed by atoms with E-state index in [0.717, 1.165) is 135 Å². The first-order valence-corrected chi connectivity index (χ1v) is 38.7. The van der Waals surface area contributed by atoms with Crippen molar-refractivity contribution < 1.29 is 42.1 Å². The fraction of sp³-hybridized carbons (Fsp3) is 0.659. The second-order valence-electron chi connectivity index (χ2n) is 25.6. The number of unbranched alkanes of at least 4 members (excludes halogenated alkanes) is 27. The van der Waals surface area contributed by atoms with E-state index in [2.05, 4.69) is 172 Å². The molecular formula is C82H139NO8P+. The number of quaternary nitrogens is 1. The van der Waals surface area contributed by atoms with Crippen LogP contribution >= 0.6 is 7.82 Å². The number of phosphoric acid groups is 1. The molecule has 0 amide bonds. The number of likely N-dealkylation sites (N-methyl/N-ethyl adjacent to an activating group) is 1. The van der Waals surface area contributed by atoms with E-state index in [9.17, 15) is 19.0 Å². The lowest BCUT2D eigenvalue weighted by Crippen LogP contribution is -2.37. The molecule has 0 radical (unpaired) electrons. The van der Waals surface area contributed by atoms with Gasteiger partial charge in [0.2, 0.25) is 0 Å². The van der Waals surface area contributed by atoms with Gasteiger partial charge in [-0.1, -0.05) is 320 Å². The Kier molecular flexibility index (Phi) is 67.6. The smallest absolute Gasteiger partial charge is 0.462 e. The van der Waals surface area contributed by atoms with Gasteiger partial charge in [0, 0.05) is 12.8 Å². The van der Waals surface area contributed by atoms with Gasteiger partial charge in [-0.25, -0.2) is 4.57 Å². The van der Waals surface area contributed by atoms with Gasteiger partial charge >= 0.3 is 19.8 Å². The van der Waals surface area contributed by atoms with E-state index in [0.29, 0.717) is 17.4 Å². The molecule has 0 spiro atoms. The molecule has 0 aromatic rings. The Balaban J connectivity index is 4.08. The van der Waals surface area contributed by atoms with Crippen molar-refractivity contribution in [2.75, 3.05) is 47.5 Å². The largest absolute Gasteiger partial charge is 0.472 e. The van der Waals surface area contributed by atoms with Gasteiger partial charge in [0.05, 0.1) is 27.7 Å². The van der Waals surface area contributed by atoms with Crippen molar-refractivity contribution in [2.24, 2.45) is 0 Å². The van der Waals surface area contributed by atoms with E-state index in [1.54, 1.807) is 0 Å². The summed E-state index contributed by atoms with van der Waals surface area (Å²) in [7, 11) is 1.45. The molecule has 0 aromatic heterocycles. The van der Waals surface area contributed by atoms with E-state index in [-0.39, 0.29) is 32.0 Å². The fourth-order valence-electron chi connectivity index (χ4n) is 9.94. The molecule has 0 saturated heterocycles. The van der Waals surface area contributed by atoms with Gasteiger partial charge in [0.15, 0.2) is 6.10 Å². The highest BCUT2D eigenvalue weighted by molar-refractivity contribution is 7.47. The van der Waals surface area contributed by atoms with Gasteiger partial charge in [-0.15, -0.1) is 0 Å². The maximum atomic E-state index is 12.9. The molecule has 0 aliphatic heterocycles. The Morgan fingerprint density at radius 3 is 0.870 bits per heavy atom. The fourth-order valence-corrected chi connectivity index (χ4v) is 10.7. The summed E-state index contributed by atoms with van der Waals surface area (Å²) in [5.41, 5.74) is 0.